The van der Waals surface area contributed by atoms with Crippen molar-refractivity contribution in [2.24, 2.45) is 0 Å². The number of rotatable bonds is 10. The van der Waals surface area contributed by atoms with Crippen LogP contribution in [-0.2, 0) is 13.1 Å². The number of likely N-dealkylation sites (N-methyl/N-ethyl adjacent to an activating group) is 2. The molecule has 0 aromatic carbocycles. The minimum absolute atomic E-state index is 0.525. The van der Waals surface area contributed by atoms with Crippen molar-refractivity contribution >= 4 is 0 Å². The average Bonchev–Trinajstić information content (AvgIpc) is 2.76. The van der Waals surface area contributed by atoms with Gasteiger partial charge in [-0.15, -0.1) is 0 Å². The maximum absolute atomic E-state index is 6.03. The van der Waals surface area contributed by atoms with E-state index in [4.69, 9.17) is 4.42 Å². The molecule has 0 aliphatic carbocycles. The van der Waals surface area contributed by atoms with Crippen LogP contribution in [0.25, 0.3) is 0 Å². The van der Waals surface area contributed by atoms with Gasteiger partial charge in [-0.25, -0.2) is 0 Å². The Kier molecular flexibility index (Phi) is 8.01. The summed E-state index contributed by atoms with van der Waals surface area (Å²) in [5.74, 6) is 2.16. The van der Waals surface area contributed by atoms with Gasteiger partial charge in [0.1, 0.15) is 11.5 Å². The SMILES string of the molecule is CCCNCc1oc(CN(CC)C(C)CN(C)C)cc1C. The molecule has 4 nitrogen and oxygen atoms in total. The van der Waals surface area contributed by atoms with Crippen LogP contribution >= 0.6 is 0 Å². The van der Waals surface area contributed by atoms with Crippen molar-refractivity contribution in [3.63, 3.8) is 0 Å². The number of furan rings is 1. The average molecular weight is 295 g/mol. The minimum atomic E-state index is 0.525. The third-order valence-electron chi connectivity index (χ3n) is 3.80. The second kappa shape index (κ2) is 9.23. The van der Waals surface area contributed by atoms with Crippen LogP contribution in [0.5, 0.6) is 0 Å². The zero-order valence-electron chi connectivity index (χ0n) is 14.7. The molecule has 1 aromatic rings. The van der Waals surface area contributed by atoms with Gasteiger partial charge in [0.05, 0.1) is 13.1 Å². The Labute approximate surface area is 130 Å². The summed E-state index contributed by atoms with van der Waals surface area (Å²) >= 11 is 0. The maximum atomic E-state index is 6.03. The summed E-state index contributed by atoms with van der Waals surface area (Å²) in [4.78, 5) is 4.70. The van der Waals surface area contributed by atoms with Gasteiger partial charge in [0.25, 0.3) is 0 Å². The topological polar surface area (TPSA) is 31.7 Å². The van der Waals surface area contributed by atoms with E-state index in [1.165, 1.54) is 5.56 Å². The van der Waals surface area contributed by atoms with E-state index in [2.05, 4.69) is 63.0 Å². The molecule has 1 heterocycles. The van der Waals surface area contributed by atoms with Crippen LogP contribution in [0, 0.1) is 6.92 Å². The molecule has 0 spiro atoms. The standard InChI is InChI=1S/C17H33N3O/c1-7-9-18-11-17-14(3)10-16(21-17)13-20(8-2)15(4)12-19(5)6/h10,15,18H,7-9,11-13H2,1-6H3. The van der Waals surface area contributed by atoms with Crippen molar-refractivity contribution in [3.05, 3.63) is 23.2 Å². The van der Waals surface area contributed by atoms with Crippen LogP contribution in [0.15, 0.2) is 10.5 Å². The number of aryl methyl sites for hydroxylation is 1. The normalized spacial score (nSPS) is 13.3. The molecular weight excluding hydrogens is 262 g/mol. The molecule has 1 aromatic heterocycles. The number of hydrogen-bond donors (Lipinski definition) is 1. The third kappa shape index (κ3) is 6.20. The fourth-order valence-electron chi connectivity index (χ4n) is 2.65. The Morgan fingerprint density at radius 3 is 2.57 bits per heavy atom. The van der Waals surface area contributed by atoms with E-state index in [0.717, 1.165) is 50.7 Å². The van der Waals surface area contributed by atoms with Crippen molar-refractivity contribution in [2.45, 2.75) is 53.2 Å². The van der Waals surface area contributed by atoms with Gasteiger partial charge in [0.15, 0.2) is 0 Å². The number of nitrogens with zero attached hydrogens (tertiary/aromatic N) is 2. The van der Waals surface area contributed by atoms with E-state index >= 15 is 0 Å². The summed E-state index contributed by atoms with van der Waals surface area (Å²) in [7, 11) is 4.25. The zero-order chi connectivity index (χ0) is 15.8. The molecule has 0 fully saturated rings. The van der Waals surface area contributed by atoms with Crippen molar-refractivity contribution in [1.82, 2.24) is 15.1 Å². The molecule has 0 aliphatic heterocycles. The zero-order valence-corrected chi connectivity index (χ0v) is 14.7. The lowest BCUT2D eigenvalue weighted by Gasteiger charge is -2.29. The lowest BCUT2D eigenvalue weighted by Crippen LogP contribution is -2.39. The second-order valence-electron chi connectivity index (χ2n) is 6.17. The molecule has 4 heteroatoms. The third-order valence-corrected chi connectivity index (χ3v) is 3.80. The second-order valence-corrected chi connectivity index (χ2v) is 6.17. The molecule has 1 unspecified atom stereocenters. The number of nitrogens with one attached hydrogen (secondary N) is 1. The highest BCUT2D eigenvalue weighted by Gasteiger charge is 2.16. The highest BCUT2D eigenvalue weighted by atomic mass is 16.3. The van der Waals surface area contributed by atoms with Gasteiger partial charge in [-0.2, -0.15) is 0 Å². The van der Waals surface area contributed by atoms with E-state index in [1.54, 1.807) is 0 Å². The summed E-state index contributed by atoms with van der Waals surface area (Å²) in [5.41, 5.74) is 1.25. The summed E-state index contributed by atoms with van der Waals surface area (Å²) in [6.07, 6.45) is 1.15. The molecule has 21 heavy (non-hydrogen) atoms. The predicted octanol–water partition coefficient (Wildman–Crippen LogP) is 2.86. The highest BCUT2D eigenvalue weighted by Crippen LogP contribution is 2.17. The van der Waals surface area contributed by atoms with E-state index < -0.39 is 0 Å². The van der Waals surface area contributed by atoms with Crippen molar-refractivity contribution in [3.8, 4) is 0 Å². The Morgan fingerprint density at radius 1 is 1.29 bits per heavy atom. The summed E-state index contributed by atoms with van der Waals surface area (Å²) in [5, 5.41) is 3.41. The van der Waals surface area contributed by atoms with E-state index in [9.17, 15) is 0 Å². The molecule has 0 saturated carbocycles. The molecule has 1 N–H and O–H groups in total. The van der Waals surface area contributed by atoms with Crippen LogP contribution < -0.4 is 5.32 Å². The fraction of sp³-hybridized carbons (Fsp3) is 0.765. The molecule has 0 radical (unpaired) electrons. The Bertz CT molecular complexity index is 401. The largest absolute Gasteiger partial charge is 0.463 e. The van der Waals surface area contributed by atoms with Crippen LogP contribution in [0.4, 0.5) is 0 Å². The maximum Gasteiger partial charge on any atom is 0.120 e. The van der Waals surface area contributed by atoms with E-state index in [0.29, 0.717) is 6.04 Å². The first-order valence-electron chi connectivity index (χ1n) is 8.15. The minimum Gasteiger partial charge on any atom is -0.463 e. The highest BCUT2D eigenvalue weighted by molar-refractivity contribution is 5.20. The van der Waals surface area contributed by atoms with Gasteiger partial charge in [0, 0.05) is 12.6 Å². The quantitative estimate of drug-likeness (QED) is 0.673. The molecule has 0 amide bonds. The molecule has 0 aliphatic rings. The summed E-state index contributed by atoms with van der Waals surface area (Å²) < 4.78 is 6.03. The smallest absolute Gasteiger partial charge is 0.120 e. The molecular formula is C17H33N3O. The van der Waals surface area contributed by atoms with Crippen LogP contribution in [0.2, 0.25) is 0 Å². The predicted molar refractivity (Wildman–Crippen MR) is 89.5 cm³/mol. The van der Waals surface area contributed by atoms with Crippen LogP contribution in [0.3, 0.4) is 0 Å². The first-order chi connectivity index (χ1) is 9.97. The van der Waals surface area contributed by atoms with Crippen LogP contribution in [0.1, 0.15) is 44.3 Å². The lowest BCUT2D eigenvalue weighted by atomic mass is 10.2. The van der Waals surface area contributed by atoms with Crippen molar-refractivity contribution in [2.75, 3.05) is 33.7 Å². The van der Waals surface area contributed by atoms with Gasteiger partial charge in [-0.3, -0.25) is 4.90 Å². The molecule has 0 saturated heterocycles. The summed E-state index contributed by atoms with van der Waals surface area (Å²) in [6.45, 7) is 13.7. The number of hydrogen-bond acceptors (Lipinski definition) is 4. The van der Waals surface area contributed by atoms with Gasteiger partial charge < -0.3 is 14.6 Å². The van der Waals surface area contributed by atoms with E-state index in [1.807, 2.05) is 0 Å². The monoisotopic (exact) mass is 295 g/mol. The Balaban J connectivity index is 2.61. The first kappa shape index (κ1) is 18.2. The molecule has 1 atom stereocenters. The summed E-state index contributed by atoms with van der Waals surface area (Å²) in [6, 6.07) is 2.71. The van der Waals surface area contributed by atoms with Gasteiger partial charge in [-0.1, -0.05) is 13.8 Å². The first-order valence-corrected chi connectivity index (χ1v) is 8.15. The van der Waals surface area contributed by atoms with Crippen LogP contribution in [-0.4, -0.2) is 49.6 Å². The van der Waals surface area contributed by atoms with Crippen molar-refractivity contribution in [1.29, 1.82) is 0 Å². The lowest BCUT2D eigenvalue weighted by molar-refractivity contribution is 0.162. The Hall–Kier alpha value is -0.840. The van der Waals surface area contributed by atoms with Crippen molar-refractivity contribution < 1.29 is 4.42 Å². The fourth-order valence-corrected chi connectivity index (χ4v) is 2.65. The van der Waals surface area contributed by atoms with Gasteiger partial charge in [0.2, 0.25) is 0 Å². The molecule has 0 bridgehead atoms. The molecule has 122 valence electrons. The van der Waals surface area contributed by atoms with E-state index in [-0.39, 0.29) is 0 Å². The Morgan fingerprint density at radius 2 is 2.00 bits per heavy atom. The van der Waals surface area contributed by atoms with Gasteiger partial charge >= 0.3 is 0 Å². The molecule has 1 rings (SSSR count). The van der Waals surface area contributed by atoms with Gasteiger partial charge in [-0.05, 0) is 59.1 Å².